The molecule has 0 spiro atoms. The van der Waals surface area contributed by atoms with Crippen LogP contribution in [0.15, 0.2) is 17.4 Å². The van der Waals surface area contributed by atoms with E-state index in [9.17, 15) is 0 Å². The molecular formula is C15H29IN6S. The predicted molar refractivity (Wildman–Crippen MR) is 110 cm³/mol. The normalized spacial score (nSPS) is 21.4. The summed E-state index contributed by atoms with van der Waals surface area (Å²) in [5.74, 6) is 3.35. The number of aryl methyl sites for hydroxylation is 1. The van der Waals surface area contributed by atoms with E-state index in [0.717, 1.165) is 19.0 Å². The minimum absolute atomic E-state index is 0. The first-order valence-electron chi connectivity index (χ1n) is 7.61. The number of likely N-dealkylation sites (N-methyl/N-ethyl adjacent to an activating group) is 1. The molecule has 1 N–H and O–H groups in total. The second kappa shape index (κ2) is 9.12. The van der Waals surface area contributed by atoms with Gasteiger partial charge in [-0.1, -0.05) is 0 Å². The molecule has 1 unspecified atom stereocenters. The van der Waals surface area contributed by atoms with Crippen LogP contribution >= 0.6 is 35.7 Å². The third-order valence-corrected chi connectivity index (χ3v) is 5.59. The molecule has 23 heavy (non-hydrogen) atoms. The van der Waals surface area contributed by atoms with Gasteiger partial charge in [-0.15, -0.1) is 24.0 Å². The van der Waals surface area contributed by atoms with E-state index in [-0.39, 0.29) is 29.5 Å². The molecule has 0 amide bonds. The predicted octanol–water partition coefficient (Wildman–Crippen LogP) is 1.48. The minimum atomic E-state index is 0. The number of aromatic nitrogens is 2. The molecular weight excluding hydrogens is 423 g/mol. The summed E-state index contributed by atoms with van der Waals surface area (Å²) in [5.41, 5.74) is 1.42. The van der Waals surface area contributed by atoms with Gasteiger partial charge in [0.25, 0.3) is 0 Å². The topological polar surface area (TPSA) is 48.7 Å². The van der Waals surface area contributed by atoms with Crippen molar-refractivity contribution in [2.24, 2.45) is 12.0 Å². The second-order valence-electron chi connectivity index (χ2n) is 6.20. The second-order valence-corrected chi connectivity index (χ2v) is 7.31. The summed E-state index contributed by atoms with van der Waals surface area (Å²) >= 11 is 2.04. The molecule has 2 rings (SSSR count). The van der Waals surface area contributed by atoms with Crippen molar-refractivity contribution in [3.05, 3.63) is 18.0 Å². The van der Waals surface area contributed by atoms with E-state index in [1.165, 1.54) is 23.5 Å². The molecule has 0 aromatic carbocycles. The van der Waals surface area contributed by atoms with Crippen LogP contribution in [0.1, 0.15) is 12.0 Å². The van der Waals surface area contributed by atoms with Gasteiger partial charge in [-0.2, -0.15) is 16.9 Å². The van der Waals surface area contributed by atoms with Gasteiger partial charge in [0.05, 0.1) is 6.20 Å². The molecule has 0 bridgehead atoms. The number of thioether (sulfide) groups is 1. The Morgan fingerprint density at radius 1 is 1.48 bits per heavy atom. The average molecular weight is 452 g/mol. The third-order valence-electron chi connectivity index (χ3n) is 4.36. The molecule has 2 heterocycles. The molecule has 1 atom stereocenters. The molecule has 1 aromatic rings. The van der Waals surface area contributed by atoms with Crippen molar-refractivity contribution in [1.29, 1.82) is 0 Å². The summed E-state index contributed by atoms with van der Waals surface area (Å²) < 4.78 is 1.83. The fourth-order valence-corrected chi connectivity index (χ4v) is 4.33. The fraction of sp³-hybridized carbons (Fsp3) is 0.733. The molecule has 8 heteroatoms. The monoisotopic (exact) mass is 452 g/mol. The smallest absolute Gasteiger partial charge is 0.193 e. The highest BCUT2D eigenvalue weighted by atomic mass is 127. The number of hydrogen-bond acceptors (Lipinski definition) is 4. The lowest BCUT2D eigenvalue weighted by Crippen LogP contribution is -2.54. The van der Waals surface area contributed by atoms with Crippen LogP contribution in [0.4, 0.5) is 0 Å². The van der Waals surface area contributed by atoms with Crippen molar-refractivity contribution < 1.29 is 0 Å². The first-order valence-corrected chi connectivity index (χ1v) is 8.77. The van der Waals surface area contributed by atoms with Crippen molar-refractivity contribution in [3.63, 3.8) is 0 Å². The van der Waals surface area contributed by atoms with Gasteiger partial charge in [0.15, 0.2) is 5.96 Å². The van der Waals surface area contributed by atoms with Crippen molar-refractivity contribution in [2.45, 2.75) is 18.5 Å². The van der Waals surface area contributed by atoms with Gasteiger partial charge in [-0.05, 0) is 26.3 Å². The molecule has 132 valence electrons. The molecule has 6 nitrogen and oxygen atoms in total. The number of nitrogens with zero attached hydrogens (tertiary/aromatic N) is 5. The SMILES string of the molecule is CN=C(NCC1(N(C)C)CCSC1)N(C)Cc1cnn(C)c1.I. The van der Waals surface area contributed by atoms with Crippen molar-refractivity contribution in [3.8, 4) is 0 Å². The lowest BCUT2D eigenvalue weighted by molar-refractivity contribution is 0.181. The Labute approximate surface area is 161 Å². The van der Waals surface area contributed by atoms with Gasteiger partial charge in [-0.3, -0.25) is 9.67 Å². The maximum absolute atomic E-state index is 4.42. The molecule has 1 saturated heterocycles. The number of nitrogens with one attached hydrogen (secondary N) is 1. The number of hydrogen-bond donors (Lipinski definition) is 1. The van der Waals surface area contributed by atoms with Gasteiger partial charge in [-0.25, -0.2) is 0 Å². The molecule has 1 aliphatic heterocycles. The summed E-state index contributed by atoms with van der Waals surface area (Å²) in [7, 11) is 10.2. The van der Waals surface area contributed by atoms with Crippen LogP contribution in [0.5, 0.6) is 0 Å². The Bertz CT molecular complexity index is 510. The first kappa shape index (κ1) is 20.6. The van der Waals surface area contributed by atoms with Crippen molar-refractivity contribution in [1.82, 2.24) is 24.9 Å². The van der Waals surface area contributed by atoms with Crippen molar-refractivity contribution >= 4 is 41.7 Å². The van der Waals surface area contributed by atoms with E-state index in [1.54, 1.807) is 0 Å². The number of rotatable bonds is 5. The molecule has 0 aliphatic carbocycles. The van der Waals surface area contributed by atoms with Gasteiger partial charge >= 0.3 is 0 Å². The highest BCUT2D eigenvalue weighted by molar-refractivity contribution is 14.0. The highest BCUT2D eigenvalue weighted by Gasteiger charge is 2.36. The minimum Gasteiger partial charge on any atom is -0.354 e. The van der Waals surface area contributed by atoms with Gasteiger partial charge in [0.2, 0.25) is 0 Å². The zero-order valence-corrected chi connectivity index (χ0v) is 17.9. The van der Waals surface area contributed by atoms with Gasteiger partial charge in [0, 0.05) is 57.3 Å². The van der Waals surface area contributed by atoms with Crippen molar-refractivity contribution in [2.75, 3.05) is 46.2 Å². The number of guanidine groups is 1. The van der Waals surface area contributed by atoms with Crippen LogP contribution in [-0.2, 0) is 13.6 Å². The van der Waals surface area contributed by atoms with E-state index in [2.05, 4.69) is 46.4 Å². The van der Waals surface area contributed by atoms with Crippen LogP contribution in [0.25, 0.3) is 0 Å². The molecule has 1 aromatic heterocycles. The molecule has 0 saturated carbocycles. The largest absolute Gasteiger partial charge is 0.354 e. The summed E-state index contributed by atoms with van der Waals surface area (Å²) in [6, 6.07) is 0. The van der Waals surface area contributed by atoms with E-state index in [0.29, 0.717) is 0 Å². The standard InChI is InChI=1S/C15H28N6S.HI/c1-16-14(20(4)9-13-8-18-21(5)10-13)17-11-15(19(2)3)6-7-22-12-15;/h8,10H,6-7,9,11-12H2,1-5H3,(H,16,17);1H. The Morgan fingerprint density at radius 3 is 2.70 bits per heavy atom. The summed E-state index contributed by atoms with van der Waals surface area (Å²) in [6.07, 6.45) is 5.17. The van der Waals surface area contributed by atoms with E-state index >= 15 is 0 Å². The summed E-state index contributed by atoms with van der Waals surface area (Å²) in [4.78, 5) is 8.92. The van der Waals surface area contributed by atoms with Gasteiger partial charge in [0.1, 0.15) is 0 Å². The number of halogens is 1. The summed E-state index contributed by atoms with van der Waals surface area (Å²) in [6.45, 7) is 1.73. The molecule has 1 aliphatic rings. The maximum Gasteiger partial charge on any atom is 0.193 e. The Balaban J connectivity index is 0.00000264. The van der Waals surface area contributed by atoms with Crippen LogP contribution in [0, 0.1) is 0 Å². The van der Waals surface area contributed by atoms with Crippen LogP contribution in [-0.4, -0.2) is 77.3 Å². The maximum atomic E-state index is 4.42. The van der Waals surface area contributed by atoms with Crippen LogP contribution in [0.2, 0.25) is 0 Å². The Kier molecular flexibility index (Phi) is 8.15. The zero-order chi connectivity index (χ0) is 16.2. The van der Waals surface area contributed by atoms with E-state index in [4.69, 9.17) is 0 Å². The van der Waals surface area contributed by atoms with E-state index < -0.39 is 0 Å². The van der Waals surface area contributed by atoms with Gasteiger partial charge < -0.3 is 15.1 Å². The Morgan fingerprint density at radius 2 is 2.22 bits per heavy atom. The number of aliphatic imine (C=N–C) groups is 1. The lowest BCUT2D eigenvalue weighted by atomic mass is 9.97. The molecule has 1 fully saturated rings. The first-order chi connectivity index (χ1) is 10.5. The average Bonchev–Trinajstić information content (AvgIpc) is 3.09. The highest BCUT2D eigenvalue weighted by Crippen LogP contribution is 2.31. The quantitative estimate of drug-likeness (QED) is 0.417. The zero-order valence-electron chi connectivity index (χ0n) is 14.7. The van der Waals surface area contributed by atoms with Crippen LogP contribution < -0.4 is 5.32 Å². The Hall–Kier alpha value is -0.480. The lowest BCUT2D eigenvalue weighted by Gasteiger charge is -2.37. The molecule has 0 radical (unpaired) electrons. The fourth-order valence-electron chi connectivity index (χ4n) is 2.78. The third kappa shape index (κ3) is 5.25. The van der Waals surface area contributed by atoms with E-state index in [1.807, 2.05) is 42.9 Å². The summed E-state index contributed by atoms with van der Waals surface area (Å²) in [5, 5.41) is 7.77. The van der Waals surface area contributed by atoms with Crippen LogP contribution in [0.3, 0.4) is 0 Å².